The van der Waals surface area contributed by atoms with Gasteiger partial charge in [0.15, 0.2) is 0 Å². The number of likely N-dealkylation sites (N-methyl/N-ethyl adjacent to an activating group) is 1. The number of fused-ring (bicyclic) bond motifs is 1. The standard InChI is InChI=1S/C25H22N6O/c1-4-20-13-27-15-23(30-20)22-14-29-24-21(22)10-19(12-28-24)17-7-5-6-16(8-17)9-18(11-26)25(32)31(2)3/h5-10,12-15H,4H2,1-3H3,(H,28,29)/b18-9+. The number of aromatic amines is 1. The van der Waals surface area contributed by atoms with Crippen molar-refractivity contribution in [2.24, 2.45) is 0 Å². The lowest BCUT2D eigenvalue weighted by molar-refractivity contribution is -0.124. The molecule has 0 aliphatic carbocycles. The van der Waals surface area contributed by atoms with Gasteiger partial charge < -0.3 is 9.88 Å². The Balaban J connectivity index is 1.76. The number of rotatable bonds is 5. The van der Waals surface area contributed by atoms with Gasteiger partial charge in [-0.2, -0.15) is 5.26 Å². The average Bonchev–Trinajstić information content (AvgIpc) is 3.25. The van der Waals surface area contributed by atoms with Gasteiger partial charge in [0.05, 0.1) is 17.6 Å². The highest BCUT2D eigenvalue weighted by atomic mass is 16.2. The van der Waals surface area contributed by atoms with Crippen molar-refractivity contribution in [3.8, 4) is 28.5 Å². The number of aryl methyl sites for hydroxylation is 1. The van der Waals surface area contributed by atoms with Crippen molar-refractivity contribution < 1.29 is 4.79 Å². The Morgan fingerprint density at radius 2 is 2.03 bits per heavy atom. The van der Waals surface area contributed by atoms with Gasteiger partial charge in [-0.15, -0.1) is 0 Å². The zero-order chi connectivity index (χ0) is 22.7. The van der Waals surface area contributed by atoms with Gasteiger partial charge in [-0.05, 0) is 35.8 Å². The number of hydrogen-bond donors (Lipinski definition) is 1. The molecular formula is C25H22N6O. The van der Waals surface area contributed by atoms with Gasteiger partial charge in [0.25, 0.3) is 5.91 Å². The summed E-state index contributed by atoms with van der Waals surface area (Å²) < 4.78 is 0. The molecule has 4 rings (SSSR count). The van der Waals surface area contributed by atoms with E-state index in [1.807, 2.05) is 43.5 Å². The van der Waals surface area contributed by atoms with E-state index in [4.69, 9.17) is 0 Å². The molecule has 158 valence electrons. The predicted octanol–water partition coefficient (Wildman–Crippen LogP) is 4.24. The third-order valence-electron chi connectivity index (χ3n) is 5.14. The average molecular weight is 422 g/mol. The number of carbonyl (C=O) groups is 1. The number of carbonyl (C=O) groups excluding carboxylic acids is 1. The summed E-state index contributed by atoms with van der Waals surface area (Å²) in [7, 11) is 3.25. The van der Waals surface area contributed by atoms with Crippen molar-refractivity contribution in [2.75, 3.05) is 14.1 Å². The number of nitrogens with one attached hydrogen (secondary N) is 1. The van der Waals surface area contributed by atoms with Crippen molar-refractivity contribution in [1.82, 2.24) is 24.8 Å². The molecule has 1 aromatic carbocycles. The predicted molar refractivity (Wildman–Crippen MR) is 124 cm³/mol. The third-order valence-corrected chi connectivity index (χ3v) is 5.14. The second-order valence-corrected chi connectivity index (χ2v) is 7.57. The minimum atomic E-state index is -0.326. The summed E-state index contributed by atoms with van der Waals surface area (Å²) in [5.74, 6) is -0.326. The molecule has 0 aliphatic rings. The summed E-state index contributed by atoms with van der Waals surface area (Å²) in [6.07, 6.45) is 9.65. The van der Waals surface area contributed by atoms with Crippen LogP contribution in [0.3, 0.4) is 0 Å². The highest BCUT2D eigenvalue weighted by molar-refractivity contribution is 6.01. The van der Waals surface area contributed by atoms with Gasteiger partial charge in [-0.25, -0.2) is 9.97 Å². The summed E-state index contributed by atoms with van der Waals surface area (Å²) in [6.45, 7) is 2.05. The minimum Gasteiger partial charge on any atom is -0.345 e. The quantitative estimate of drug-likeness (QED) is 0.383. The Morgan fingerprint density at radius 3 is 2.78 bits per heavy atom. The zero-order valence-electron chi connectivity index (χ0n) is 18.1. The van der Waals surface area contributed by atoms with E-state index in [-0.39, 0.29) is 11.5 Å². The number of nitriles is 1. The Kier molecular flexibility index (Phi) is 5.77. The molecule has 3 heterocycles. The van der Waals surface area contributed by atoms with Crippen molar-refractivity contribution >= 4 is 23.0 Å². The summed E-state index contributed by atoms with van der Waals surface area (Å²) >= 11 is 0. The molecule has 7 nitrogen and oxygen atoms in total. The number of nitrogens with zero attached hydrogens (tertiary/aromatic N) is 5. The largest absolute Gasteiger partial charge is 0.345 e. The van der Waals surface area contributed by atoms with E-state index in [2.05, 4.69) is 26.0 Å². The minimum absolute atomic E-state index is 0.0861. The van der Waals surface area contributed by atoms with E-state index >= 15 is 0 Å². The second-order valence-electron chi connectivity index (χ2n) is 7.57. The molecule has 0 bridgehead atoms. The molecule has 0 spiro atoms. The fourth-order valence-corrected chi connectivity index (χ4v) is 3.44. The van der Waals surface area contributed by atoms with Gasteiger partial charge in [-0.3, -0.25) is 9.78 Å². The number of pyridine rings is 1. The highest BCUT2D eigenvalue weighted by Gasteiger charge is 2.13. The number of benzene rings is 1. The van der Waals surface area contributed by atoms with Crippen LogP contribution in [0.1, 0.15) is 18.2 Å². The monoisotopic (exact) mass is 422 g/mol. The van der Waals surface area contributed by atoms with Gasteiger partial charge >= 0.3 is 0 Å². The van der Waals surface area contributed by atoms with E-state index in [9.17, 15) is 10.1 Å². The molecule has 0 atom stereocenters. The van der Waals surface area contributed by atoms with Crippen LogP contribution in [0.2, 0.25) is 0 Å². The topological polar surface area (TPSA) is 98.6 Å². The molecule has 3 aromatic heterocycles. The maximum absolute atomic E-state index is 12.2. The molecule has 0 unspecified atom stereocenters. The first kappa shape index (κ1) is 20.9. The fourth-order valence-electron chi connectivity index (χ4n) is 3.44. The van der Waals surface area contributed by atoms with Crippen molar-refractivity contribution in [3.05, 3.63) is 71.9 Å². The molecule has 0 aliphatic heterocycles. The normalized spacial score (nSPS) is 11.4. The van der Waals surface area contributed by atoms with Crippen LogP contribution < -0.4 is 0 Å². The molecule has 1 N–H and O–H groups in total. The number of hydrogen-bond acceptors (Lipinski definition) is 5. The van der Waals surface area contributed by atoms with Crippen LogP contribution >= 0.6 is 0 Å². The summed E-state index contributed by atoms with van der Waals surface area (Å²) in [5.41, 5.74) is 6.15. The van der Waals surface area contributed by atoms with Crippen molar-refractivity contribution in [3.63, 3.8) is 0 Å². The second kappa shape index (κ2) is 8.82. The Labute approximate surface area is 186 Å². The van der Waals surface area contributed by atoms with Crippen LogP contribution in [0.4, 0.5) is 0 Å². The molecule has 32 heavy (non-hydrogen) atoms. The van der Waals surface area contributed by atoms with Crippen LogP contribution in [0.15, 0.2) is 60.7 Å². The maximum Gasteiger partial charge on any atom is 0.264 e. The van der Waals surface area contributed by atoms with Gasteiger partial charge in [0.2, 0.25) is 0 Å². The number of amides is 1. The zero-order valence-corrected chi connectivity index (χ0v) is 18.1. The Bertz CT molecular complexity index is 1380. The SMILES string of the molecule is CCc1cncc(-c2c[nH]c3ncc(-c4cccc(/C=C(\C#N)C(=O)N(C)C)c4)cc23)n1. The van der Waals surface area contributed by atoms with Gasteiger partial charge in [0, 0.05) is 49.2 Å². The molecule has 0 saturated heterocycles. The van der Waals surface area contributed by atoms with E-state index in [0.29, 0.717) is 0 Å². The summed E-state index contributed by atoms with van der Waals surface area (Å²) in [4.78, 5) is 30.3. The molecule has 7 heteroatoms. The van der Waals surface area contributed by atoms with E-state index < -0.39 is 0 Å². The molecule has 0 radical (unpaired) electrons. The van der Waals surface area contributed by atoms with Crippen LogP contribution in [-0.2, 0) is 11.2 Å². The van der Waals surface area contributed by atoms with Gasteiger partial charge in [0.1, 0.15) is 17.3 Å². The molecule has 4 aromatic rings. The molecular weight excluding hydrogens is 400 g/mol. The van der Waals surface area contributed by atoms with Crippen LogP contribution in [0.25, 0.3) is 39.5 Å². The van der Waals surface area contributed by atoms with Crippen LogP contribution in [-0.4, -0.2) is 44.8 Å². The smallest absolute Gasteiger partial charge is 0.264 e. The molecule has 1 amide bonds. The Hall–Kier alpha value is -4.31. The van der Waals surface area contributed by atoms with Crippen molar-refractivity contribution in [2.45, 2.75) is 13.3 Å². The van der Waals surface area contributed by atoms with Crippen LogP contribution in [0.5, 0.6) is 0 Å². The van der Waals surface area contributed by atoms with E-state index in [1.54, 1.807) is 38.8 Å². The molecule has 0 fully saturated rings. The lowest BCUT2D eigenvalue weighted by Gasteiger charge is -2.09. The first-order chi connectivity index (χ1) is 15.5. The number of H-pyrrole nitrogens is 1. The van der Waals surface area contributed by atoms with E-state index in [0.717, 1.165) is 51.1 Å². The fraction of sp³-hybridized carbons (Fsp3) is 0.160. The van der Waals surface area contributed by atoms with Gasteiger partial charge in [-0.1, -0.05) is 25.1 Å². The maximum atomic E-state index is 12.2. The first-order valence-corrected chi connectivity index (χ1v) is 10.2. The highest BCUT2D eigenvalue weighted by Crippen LogP contribution is 2.30. The summed E-state index contributed by atoms with van der Waals surface area (Å²) in [6, 6.07) is 11.7. The molecule has 0 saturated carbocycles. The Morgan fingerprint density at radius 1 is 1.19 bits per heavy atom. The van der Waals surface area contributed by atoms with E-state index in [1.165, 1.54) is 4.90 Å². The summed E-state index contributed by atoms with van der Waals surface area (Å²) in [5, 5.41) is 10.3. The first-order valence-electron chi connectivity index (χ1n) is 10.2. The third kappa shape index (κ3) is 4.12. The number of aromatic nitrogens is 4. The van der Waals surface area contributed by atoms with Crippen molar-refractivity contribution in [1.29, 1.82) is 5.26 Å². The lowest BCUT2D eigenvalue weighted by Crippen LogP contribution is -2.22. The lowest BCUT2D eigenvalue weighted by atomic mass is 10.0. The van der Waals surface area contributed by atoms with Crippen LogP contribution in [0, 0.1) is 11.3 Å².